The molecule has 0 unspecified atom stereocenters. The fourth-order valence-corrected chi connectivity index (χ4v) is 5.41. The number of aliphatic hydroxyl groups is 1. The molecule has 2 heterocycles. The molecule has 0 saturated carbocycles. The molecule has 0 spiro atoms. The Morgan fingerprint density at radius 1 is 1.12 bits per heavy atom. The minimum Gasteiger partial charge on any atom is -0.477 e. The van der Waals surface area contributed by atoms with Crippen molar-refractivity contribution in [1.29, 1.82) is 0 Å². The van der Waals surface area contributed by atoms with Gasteiger partial charge in [-0.05, 0) is 62.1 Å². The first-order valence-electron chi connectivity index (χ1n) is 12.5. The van der Waals surface area contributed by atoms with Crippen LogP contribution in [-0.2, 0) is 17.6 Å². The van der Waals surface area contributed by atoms with Crippen LogP contribution in [0.4, 0.5) is 0 Å². The number of aliphatic hydroxyl groups excluding tert-OH is 1. The third-order valence-corrected chi connectivity index (χ3v) is 7.78. The lowest BCUT2D eigenvalue weighted by molar-refractivity contribution is -0.128. The van der Waals surface area contributed by atoms with Gasteiger partial charge >= 0.3 is 5.97 Å². The van der Waals surface area contributed by atoms with E-state index >= 15 is 0 Å². The number of nitrogens with zero attached hydrogens (tertiary/aromatic N) is 1. The maximum Gasteiger partial charge on any atom is 0.345 e. The minimum absolute atomic E-state index is 0.0399. The van der Waals surface area contributed by atoms with E-state index in [2.05, 4.69) is 31.2 Å². The number of rotatable bonds is 14. The molecule has 1 amide bonds. The Hall–Kier alpha value is -2.44. The molecule has 184 valence electrons. The highest BCUT2D eigenvalue weighted by Gasteiger charge is 2.28. The van der Waals surface area contributed by atoms with E-state index in [1.807, 2.05) is 29.2 Å². The molecule has 34 heavy (non-hydrogen) atoms. The fourth-order valence-electron chi connectivity index (χ4n) is 4.52. The lowest BCUT2D eigenvalue weighted by Gasteiger charge is -2.23. The summed E-state index contributed by atoms with van der Waals surface area (Å²) < 4.78 is 0. The third-order valence-electron chi connectivity index (χ3n) is 6.65. The van der Waals surface area contributed by atoms with E-state index in [1.54, 1.807) is 6.07 Å². The van der Waals surface area contributed by atoms with Gasteiger partial charge in [0.25, 0.3) is 0 Å². The first kappa shape index (κ1) is 26.2. The van der Waals surface area contributed by atoms with Crippen molar-refractivity contribution in [3.05, 3.63) is 69.9 Å². The smallest absolute Gasteiger partial charge is 0.345 e. The van der Waals surface area contributed by atoms with Gasteiger partial charge in [0, 0.05) is 17.8 Å². The van der Waals surface area contributed by atoms with Gasteiger partial charge in [-0.25, -0.2) is 4.79 Å². The molecule has 1 aromatic heterocycles. The number of hydrogen-bond acceptors (Lipinski definition) is 4. The maximum absolute atomic E-state index is 12.4. The van der Waals surface area contributed by atoms with Gasteiger partial charge in [-0.3, -0.25) is 4.79 Å². The Labute approximate surface area is 207 Å². The second-order valence-corrected chi connectivity index (χ2v) is 10.5. The number of carbonyl (C=O) groups is 2. The molecule has 0 aliphatic carbocycles. The lowest BCUT2D eigenvalue weighted by atomic mass is 9.95. The van der Waals surface area contributed by atoms with E-state index in [-0.39, 0.29) is 17.9 Å². The topological polar surface area (TPSA) is 77.8 Å². The van der Waals surface area contributed by atoms with E-state index in [4.69, 9.17) is 5.11 Å². The predicted octanol–water partition coefficient (Wildman–Crippen LogP) is 5.73. The number of amides is 1. The molecule has 3 rings (SSSR count). The van der Waals surface area contributed by atoms with Gasteiger partial charge in [0.15, 0.2) is 0 Å². The van der Waals surface area contributed by atoms with Crippen LogP contribution in [0.5, 0.6) is 0 Å². The summed E-state index contributed by atoms with van der Waals surface area (Å²) in [5.74, 6) is -0.537. The summed E-state index contributed by atoms with van der Waals surface area (Å²) in [4.78, 5) is 26.7. The van der Waals surface area contributed by atoms with Crippen molar-refractivity contribution in [3.63, 3.8) is 0 Å². The minimum atomic E-state index is -0.892. The Balaban J connectivity index is 1.37. The van der Waals surface area contributed by atoms with Crippen molar-refractivity contribution >= 4 is 23.2 Å². The maximum atomic E-state index is 12.4. The highest BCUT2D eigenvalue weighted by Crippen LogP contribution is 2.23. The number of thiophene rings is 1. The lowest BCUT2D eigenvalue weighted by Crippen LogP contribution is -2.33. The molecule has 1 fully saturated rings. The molecular formula is C28H37NO4S. The van der Waals surface area contributed by atoms with Crippen molar-refractivity contribution in [3.8, 4) is 0 Å². The fraction of sp³-hybridized carbons (Fsp3) is 0.500. The Morgan fingerprint density at radius 2 is 1.91 bits per heavy atom. The molecule has 1 saturated heterocycles. The number of likely N-dealkylation sites (tertiary alicyclic amines) is 1. The first-order valence-corrected chi connectivity index (χ1v) is 13.3. The summed E-state index contributed by atoms with van der Waals surface area (Å²) in [6, 6.07) is 14.1. The molecule has 3 atom stereocenters. The second-order valence-electron chi connectivity index (χ2n) is 9.31. The summed E-state index contributed by atoms with van der Waals surface area (Å²) in [5.41, 5.74) is 1.38. The summed E-state index contributed by atoms with van der Waals surface area (Å²) >= 11 is 1.30. The number of carbonyl (C=O) groups excluding carboxylic acids is 1. The van der Waals surface area contributed by atoms with E-state index in [0.717, 1.165) is 43.4 Å². The largest absolute Gasteiger partial charge is 0.477 e. The summed E-state index contributed by atoms with van der Waals surface area (Å²) in [6.07, 6.45) is 11.8. The van der Waals surface area contributed by atoms with Gasteiger partial charge in [-0.2, -0.15) is 0 Å². The van der Waals surface area contributed by atoms with E-state index in [9.17, 15) is 14.7 Å². The van der Waals surface area contributed by atoms with Crippen LogP contribution in [0.3, 0.4) is 0 Å². The number of carboxylic acid groups (broad SMARTS) is 1. The quantitative estimate of drug-likeness (QED) is 0.266. The van der Waals surface area contributed by atoms with Crippen LogP contribution in [0.15, 0.2) is 54.6 Å². The zero-order chi connectivity index (χ0) is 24.3. The Bertz CT molecular complexity index is 939. The van der Waals surface area contributed by atoms with Gasteiger partial charge in [-0.15, -0.1) is 11.3 Å². The second kappa shape index (κ2) is 13.4. The van der Waals surface area contributed by atoms with E-state index in [0.29, 0.717) is 17.8 Å². The van der Waals surface area contributed by atoms with Crippen molar-refractivity contribution < 1.29 is 19.8 Å². The normalized spacial score (nSPS) is 18.0. The molecule has 0 radical (unpaired) electrons. The van der Waals surface area contributed by atoms with Gasteiger partial charge in [-0.1, -0.05) is 62.2 Å². The molecule has 5 nitrogen and oxygen atoms in total. The van der Waals surface area contributed by atoms with Crippen molar-refractivity contribution in [2.45, 2.75) is 76.9 Å². The molecule has 1 aliphatic heterocycles. The predicted molar refractivity (Wildman–Crippen MR) is 137 cm³/mol. The zero-order valence-corrected chi connectivity index (χ0v) is 20.9. The van der Waals surface area contributed by atoms with Crippen LogP contribution in [0, 0.1) is 5.92 Å². The molecule has 2 N–H and O–H groups in total. The van der Waals surface area contributed by atoms with Crippen molar-refractivity contribution in [2.75, 3.05) is 6.54 Å². The highest BCUT2D eigenvalue weighted by atomic mass is 32.1. The van der Waals surface area contributed by atoms with Crippen LogP contribution in [0.25, 0.3) is 0 Å². The first-order chi connectivity index (χ1) is 16.4. The number of benzene rings is 1. The van der Waals surface area contributed by atoms with Crippen LogP contribution in [0.1, 0.15) is 72.0 Å². The highest BCUT2D eigenvalue weighted by molar-refractivity contribution is 7.13. The summed E-state index contributed by atoms with van der Waals surface area (Å²) in [6.45, 7) is 2.75. The van der Waals surface area contributed by atoms with Crippen LogP contribution in [-0.4, -0.2) is 45.7 Å². The molecule has 1 aliphatic rings. The molecular weight excluding hydrogens is 446 g/mol. The monoisotopic (exact) mass is 483 g/mol. The SMILES string of the molecule is C[C@@H](CCCCCc1ccccc1)[C@@H](O)C=C[C@H]1CCC(=O)N1CCCc1ccc(C(=O)O)s1. The van der Waals surface area contributed by atoms with E-state index in [1.165, 1.54) is 29.7 Å². The van der Waals surface area contributed by atoms with Gasteiger partial charge < -0.3 is 15.1 Å². The Kier molecular flexibility index (Phi) is 10.4. The Morgan fingerprint density at radius 3 is 2.65 bits per heavy atom. The number of aromatic carboxylic acids is 1. The van der Waals surface area contributed by atoms with Crippen LogP contribution < -0.4 is 0 Å². The average Bonchev–Trinajstić information content (AvgIpc) is 3.45. The van der Waals surface area contributed by atoms with E-state index < -0.39 is 12.1 Å². The van der Waals surface area contributed by atoms with Crippen LogP contribution >= 0.6 is 11.3 Å². The van der Waals surface area contributed by atoms with Crippen molar-refractivity contribution in [2.24, 2.45) is 5.92 Å². The third kappa shape index (κ3) is 8.10. The molecule has 2 aromatic rings. The molecule has 1 aromatic carbocycles. The van der Waals surface area contributed by atoms with Gasteiger partial charge in [0.1, 0.15) is 4.88 Å². The van der Waals surface area contributed by atoms with Crippen LogP contribution in [0.2, 0.25) is 0 Å². The summed E-state index contributed by atoms with van der Waals surface area (Å²) in [7, 11) is 0. The molecule has 0 bridgehead atoms. The number of hydrogen-bond donors (Lipinski definition) is 2. The standard InChI is InChI=1S/C28H37NO4S/c1-21(9-4-2-5-10-22-11-6-3-7-12-22)25(30)17-14-23-15-19-27(31)29(23)20-8-13-24-16-18-26(34-24)28(32)33/h3,6-7,11-12,14,16-18,21,23,25,30H,2,4-5,8-10,13,15,19-20H2,1H3,(H,32,33)/t21-,23-,25-/m0/s1. The van der Waals surface area contributed by atoms with Gasteiger partial charge in [0.2, 0.25) is 5.91 Å². The zero-order valence-electron chi connectivity index (χ0n) is 20.1. The number of unbranched alkanes of at least 4 members (excludes halogenated alkanes) is 2. The van der Waals surface area contributed by atoms with Gasteiger partial charge in [0.05, 0.1) is 12.1 Å². The number of aryl methyl sites for hydroxylation is 2. The average molecular weight is 484 g/mol. The van der Waals surface area contributed by atoms with Crippen molar-refractivity contribution in [1.82, 2.24) is 4.90 Å². The number of carboxylic acids is 1. The molecule has 6 heteroatoms. The summed E-state index contributed by atoms with van der Waals surface area (Å²) in [5, 5.41) is 19.7.